The maximum atomic E-state index is 15.1. The van der Waals surface area contributed by atoms with Gasteiger partial charge in [-0.2, -0.15) is 4.39 Å². The van der Waals surface area contributed by atoms with Gasteiger partial charge in [0.2, 0.25) is 5.82 Å². The Morgan fingerprint density at radius 1 is 0.800 bits per heavy atom. The molecule has 0 aromatic heterocycles. The van der Waals surface area contributed by atoms with Crippen molar-refractivity contribution < 1.29 is 17.9 Å². The van der Waals surface area contributed by atoms with E-state index >= 15 is 4.39 Å². The molecule has 4 heteroatoms. The molecule has 0 bridgehead atoms. The van der Waals surface area contributed by atoms with E-state index in [1.54, 1.807) is 37.3 Å². The monoisotopic (exact) mass is 478 g/mol. The van der Waals surface area contributed by atoms with Crippen molar-refractivity contribution >= 4 is 5.57 Å². The molecule has 3 aromatic carbocycles. The van der Waals surface area contributed by atoms with Gasteiger partial charge < -0.3 is 4.74 Å². The van der Waals surface area contributed by atoms with Gasteiger partial charge in [-0.05, 0) is 72.6 Å². The lowest BCUT2D eigenvalue weighted by molar-refractivity contribution is 0.314. The molecule has 3 aromatic rings. The lowest BCUT2D eigenvalue weighted by Gasteiger charge is -2.22. The molecule has 184 valence electrons. The molecule has 0 heterocycles. The van der Waals surface area contributed by atoms with Crippen LogP contribution in [0.4, 0.5) is 13.2 Å². The number of unbranched alkanes of at least 4 members (excludes halogenated alkanes) is 2. The van der Waals surface area contributed by atoms with Gasteiger partial charge in [0.05, 0.1) is 6.61 Å². The third-order valence-corrected chi connectivity index (χ3v) is 6.93. The first-order valence-electron chi connectivity index (χ1n) is 12.7. The number of hydrogen-bond donors (Lipinski definition) is 0. The summed E-state index contributed by atoms with van der Waals surface area (Å²) in [6, 6.07) is 15.4. The maximum absolute atomic E-state index is 15.1. The topological polar surface area (TPSA) is 9.23 Å². The normalized spacial score (nSPS) is 15.7. The van der Waals surface area contributed by atoms with E-state index in [2.05, 4.69) is 13.0 Å². The lowest BCUT2D eigenvalue weighted by atomic mass is 9.83. The second kappa shape index (κ2) is 11.6. The third-order valence-electron chi connectivity index (χ3n) is 6.93. The van der Waals surface area contributed by atoms with E-state index in [0.29, 0.717) is 11.1 Å². The summed E-state index contributed by atoms with van der Waals surface area (Å²) in [5.74, 6) is -1.52. The first-order valence-corrected chi connectivity index (χ1v) is 12.7. The van der Waals surface area contributed by atoms with Gasteiger partial charge in [0.15, 0.2) is 11.6 Å². The quantitative estimate of drug-likeness (QED) is 0.278. The standard InChI is InChI=1S/C31H33F3O/c1-3-5-6-7-21-8-10-23(11-9-21)26-17-16-25(20-28(26)32)22-12-14-24(15-13-22)27-18-19-29(35-4-2)31(34)30(27)33/h10,12-21H,3-9,11H2,1-2H3. The van der Waals surface area contributed by atoms with Crippen LogP contribution in [-0.4, -0.2) is 6.61 Å². The van der Waals surface area contributed by atoms with Crippen molar-refractivity contribution in [3.05, 3.63) is 83.7 Å². The van der Waals surface area contributed by atoms with E-state index in [1.807, 2.05) is 12.1 Å². The Labute approximate surface area is 206 Å². The van der Waals surface area contributed by atoms with Crippen LogP contribution in [-0.2, 0) is 0 Å². The highest BCUT2D eigenvalue weighted by Gasteiger charge is 2.18. The average molecular weight is 479 g/mol. The molecule has 4 rings (SSSR count). The Kier molecular flexibility index (Phi) is 8.33. The summed E-state index contributed by atoms with van der Waals surface area (Å²) < 4.78 is 49.0. The fourth-order valence-electron chi connectivity index (χ4n) is 4.90. The van der Waals surface area contributed by atoms with E-state index in [9.17, 15) is 8.78 Å². The van der Waals surface area contributed by atoms with Gasteiger partial charge in [0.25, 0.3) is 0 Å². The Morgan fingerprint density at radius 2 is 1.51 bits per heavy atom. The van der Waals surface area contributed by atoms with Crippen molar-refractivity contribution in [1.82, 2.24) is 0 Å². The van der Waals surface area contributed by atoms with Crippen LogP contribution in [0.25, 0.3) is 27.8 Å². The average Bonchev–Trinajstić information content (AvgIpc) is 2.88. The van der Waals surface area contributed by atoms with Crippen LogP contribution in [0, 0.1) is 23.4 Å². The van der Waals surface area contributed by atoms with Crippen LogP contribution >= 0.6 is 0 Å². The molecule has 0 saturated heterocycles. The summed E-state index contributed by atoms with van der Waals surface area (Å²) >= 11 is 0. The number of hydrogen-bond acceptors (Lipinski definition) is 1. The molecule has 1 atom stereocenters. The molecular weight excluding hydrogens is 445 g/mol. The molecule has 0 amide bonds. The fraction of sp³-hybridized carbons (Fsp3) is 0.355. The Bertz CT molecular complexity index is 1180. The van der Waals surface area contributed by atoms with Gasteiger partial charge in [-0.1, -0.05) is 75.1 Å². The van der Waals surface area contributed by atoms with Crippen LogP contribution in [0.5, 0.6) is 5.75 Å². The first kappa shape index (κ1) is 25.1. The second-order valence-corrected chi connectivity index (χ2v) is 9.31. The van der Waals surface area contributed by atoms with Crippen molar-refractivity contribution in [1.29, 1.82) is 0 Å². The van der Waals surface area contributed by atoms with Gasteiger partial charge in [-0.3, -0.25) is 0 Å². The van der Waals surface area contributed by atoms with E-state index in [-0.39, 0.29) is 23.7 Å². The van der Waals surface area contributed by atoms with E-state index in [1.165, 1.54) is 37.8 Å². The smallest absolute Gasteiger partial charge is 0.201 e. The summed E-state index contributed by atoms with van der Waals surface area (Å²) in [6.07, 6.45) is 10.4. The molecule has 0 N–H and O–H groups in total. The zero-order chi connectivity index (χ0) is 24.8. The Morgan fingerprint density at radius 3 is 2.17 bits per heavy atom. The molecule has 0 spiro atoms. The summed E-state index contributed by atoms with van der Waals surface area (Å²) in [5, 5.41) is 0. The van der Waals surface area contributed by atoms with Crippen LogP contribution in [0.3, 0.4) is 0 Å². The minimum absolute atomic E-state index is 0.0963. The Hall–Kier alpha value is -3.01. The molecule has 1 aliphatic carbocycles. The zero-order valence-corrected chi connectivity index (χ0v) is 20.5. The molecule has 0 saturated carbocycles. The first-order chi connectivity index (χ1) is 17.0. The van der Waals surface area contributed by atoms with Crippen LogP contribution in [0.15, 0.2) is 60.7 Å². The number of benzene rings is 3. The number of rotatable bonds is 9. The Balaban J connectivity index is 1.48. The minimum Gasteiger partial charge on any atom is -0.491 e. The predicted octanol–water partition coefficient (Wildman–Crippen LogP) is 9.60. The fourth-order valence-corrected chi connectivity index (χ4v) is 4.90. The summed E-state index contributed by atoms with van der Waals surface area (Å²) in [5.41, 5.74) is 4.07. The van der Waals surface area contributed by atoms with Crippen LogP contribution in [0.2, 0.25) is 0 Å². The van der Waals surface area contributed by atoms with Gasteiger partial charge >= 0.3 is 0 Å². The maximum Gasteiger partial charge on any atom is 0.201 e. The van der Waals surface area contributed by atoms with Gasteiger partial charge in [-0.15, -0.1) is 0 Å². The summed E-state index contributed by atoms with van der Waals surface area (Å²) in [4.78, 5) is 0. The molecule has 1 aliphatic rings. The number of allylic oxidation sites excluding steroid dienone is 2. The predicted molar refractivity (Wildman–Crippen MR) is 138 cm³/mol. The molecule has 1 unspecified atom stereocenters. The molecule has 0 aliphatic heterocycles. The molecular formula is C31H33F3O. The minimum atomic E-state index is -0.990. The summed E-state index contributed by atoms with van der Waals surface area (Å²) in [7, 11) is 0. The molecule has 0 radical (unpaired) electrons. The lowest BCUT2D eigenvalue weighted by Crippen LogP contribution is -2.06. The zero-order valence-electron chi connectivity index (χ0n) is 20.5. The third kappa shape index (κ3) is 5.80. The molecule has 1 nitrogen and oxygen atoms in total. The molecule has 35 heavy (non-hydrogen) atoms. The van der Waals surface area contributed by atoms with Crippen LogP contribution in [0.1, 0.15) is 64.4 Å². The van der Waals surface area contributed by atoms with Gasteiger partial charge in [0, 0.05) is 11.1 Å². The van der Waals surface area contributed by atoms with E-state index in [0.717, 1.165) is 41.9 Å². The summed E-state index contributed by atoms with van der Waals surface area (Å²) in [6.45, 7) is 4.20. The van der Waals surface area contributed by atoms with Crippen molar-refractivity contribution in [3.8, 4) is 28.0 Å². The van der Waals surface area contributed by atoms with Gasteiger partial charge in [-0.25, -0.2) is 8.78 Å². The van der Waals surface area contributed by atoms with E-state index in [4.69, 9.17) is 4.74 Å². The number of ether oxygens (including phenoxy) is 1. The highest BCUT2D eigenvalue weighted by atomic mass is 19.2. The van der Waals surface area contributed by atoms with Crippen molar-refractivity contribution in [2.24, 2.45) is 5.92 Å². The van der Waals surface area contributed by atoms with Crippen molar-refractivity contribution in [3.63, 3.8) is 0 Å². The van der Waals surface area contributed by atoms with Gasteiger partial charge in [0.1, 0.15) is 5.82 Å². The highest BCUT2D eigenvalue weighted by Crippen LogP contribution is 2.36. The number of halogens is 3. The van der Waals surface area contributed by atoms with Crippen LogP contribution < -0.4 is 4.74 Å². The van der Waals surface area contributed by atoms with E-state index < -0.39 is 11.6 Å². The largest absolute Gasteiger partial charge is 0.491 e. The van der Waals surface area contributed by atoms with Crippen molar-refractivity contribution in [2.75, 3.05) is 6.61 Å². The second-order valence-electron chi connectivity index (χ2n) is 9.31. The highest BCUT2D eigenvalue weighted by molar-refractivity contribution is 5.74. The SMILES string of the molecule is CCCCCC1CC=C(c2ccc(-c3ccc(-c4ccc(OCC)c(F)c4F)cc3)cc2F)CC1. The molecule has 0 fully saturated rings. The van der Waals surface area contributed by atoms with Crippen molar-refractivity contribution in [2.45, 2.75) is 58.8 Å².